The van der Waals surface area contributed by atoms with Crippen molar-refractivity contribution in [2.45, 2.75) is 39.3 Å². The molecule has 126 valence electrons. The van der Waals surface area contributed by atoms with Crippen LogP contribution in [0.15, 0.2) is 30.6 Å². The van der Waals surface area contributed by atoms with E-state index < -0.39 is 11.9 Å². The number of amides is 1. The van der Waals surface area contributed by atoms with Gasteiger partial charge in [0.15, 0.2) is 11.6 Å². The first-order chi connectivity index (χ1) is 11.6. The molecule has 2 aromatic rings. The van der Waals surface area contributed by atoms with Gasteiger partial charge < -0.3 is 10.2 Å². The summed E-state index contributed by atoms with van der Waals surface area (Å²) in [6, 6.07) is 7.69. The lowest BCUT2D eigenvalue weighted by molar-refractivity contribution is -0.128. The number of benzene rings is 1. The van der Waals surface area contributed by atoms with Gasteiger partial charge in [-0.2, -0.15) is 0 Å². The quantitative estimate of drug-likeness (QED) is 0.917. The first-order valence-electron chi connectivity index (χ1n) is 8.18. The Morgan fingerprint density at radius 1 is 1.29 bits per heavy atom. The van der Waals surface area contributed by atoms with E-state index >= 15 is 0 Å². The Hall–Kier alpha value is -2.50. The molecule has 0 bridgehead atoms. The topological polar surface area (TPSA) is 58.1 Å². The van der Waals surface area contributed by atoms with Crippen LogP contribution in [0.3, 0.4) is 0 Å². The summed E-state index contributed by atoms with van der Waals surface area (Å²) in [5, 5.41) is 2.94. The molecule has 5 nitrogen and oxygen atoms in total. The number of nitrogens with zero attached hydrogens (tertiary/aromatic N) is 3. The van der Waals surface area contributed by atoms with Gasteiger partial charge in [0, 0.05) is 13.1 Å². The number of halogens is 1. The number of carbonyl (C=O) groups is 1. The van der Waals surface area contributed by atoms with Crippen LogP contribution >= 0.6 is 0 Å². The molecular formula is C18H21FN4O. The van der Waals surface area contributed by atoms with E-state index in [1.807, 2.05) is 38.1 Å². The van der Waals surface area contributed by atoms with Crippen LogP contribution < -0.4 is 5.32 Å². The molecule has 1 aromatic heterocycles. The van der Waals surface area contributed by atoms with Crippen LogP contribution in [0.2, 0.25) is 0 Å². The summed E-state index contributed by atoms with van der Waals surface area (Å²) in [6.45, 7) is 5.09. The van der Waals surface area contributed by atoms with Gasteiger partial charge >= 0.3 is 0 Å². The molecule has 0 spiro atoms. The van der Waals surface area contributed by atoms with E-state index in [0.29, 0.717) is 31.6 Å². The Balaban J connectivity index is 1.67. The van der Waals surface area contributed by atoms with Crippen molar-refractivity contribution in [2.75, 3.05) is 11.9 Å². The highest BCUT2D eigenvalue weighted by molar-refractivity contribution is 5.86. The molecular weight excluding hydrogens is 307 g/mol. The van der Waals surface area contributed by atoms with Gasteiger partial charge in [0.05, 0.1) is 5.69 Å². The van der Waals surface area contributed by atoms with Crippen LogP contribution in [-0.4, -0.2) is 33.4 Å². The van der Waals surface area contributed by atoms with E-state index in [4.69, 9.17) is 0 Å². The number of hydrogen-bond acceptors (Lipinski definition) is 4. The number of hydrogen-bond donors (Lipinski definition) is 1. The largest absolute Gasteiger partial charge is 0.356 e. The molecule has 1 atom stereocenters. The van der Waals surface area contributed by atoms with Crippen LogP contribution in [0.4, 0.5) is 10.2 Å². The molecule has 1 aliphatic heterocycles. The number of carbonyl (C=O) groups excluding carboxylic acids is 1. The maximum Gasteiger partial charge on any atom is 0.245 e. The fourth-order valence-electron chi connectivity index (χ4n) is 2.86. The van der Waals surface area contributed by atoms with Gasteiger partial charge in [0.25, 0.3) is 0 Å². The minimum absolute atomic E-state index is 0.0216. The summed E-state index contributed by atoms with van der Waals surface area (Å²) in [6.07, 6.45) is 2.45. The number of aromatic nitrogens is 2. The summed E-state index contributed by atoms with van der Waals surface area (Å²) in [4.78, 5) is 22.2. The summed E-state index contributed by atoms with van der Waals surface area (Å²) in [5.74, 6) is -0.381. The molecule has 1 N–H and O–H groups in total. The first-order valence-corrected chi connectivity index (χ1v) is 8.18. The van der Waals surface area contributed by atoms with Crippen molar-refractivity contribution < 1.29 is 9.18 Å². The summed E-state index contributed by atoms with van der Waals surface area (Å²) >= 11 is 0. The fourth-order valence-corrected chi connectivity index (χ4v) is 2.86. The van der Waals surface area contributed by atoms with Crippen LogP contribution in [0.5, 0.6) is 0 Å². The summed E-state index contributed by atoms with van der Waals surface area (Å²) < 4.78 is 14.2. The van der Waals surface area contributed by atoms with E-state index in [2.05, 4.69) is 15.3 Å². The van der Waals surface area contributed by atoms with Crippen molar-refractivity contribution in [2.24, 2.45) is 0 Å². The Morgan fingerprint density at radius 3 is 2.75 bits per heavy atom. The van der Waals surface area contributed by atoms with Gasteiger partial charge in [-0.15, -0.1) is 0 Å². The third kappa shape index (κ3) is 3.37. The Labute approximate surface area is 140 Å². The summed E-state index contributed by atoms with van der Waals surface area (Å²) in [7, 11) is 0. The first kappa shape index (κ1) is 16.4. The van der Waals surface area contributed by atoms with Crippen molar-refractivity contribution in [3.05, 3.63) is 53.2 Å². The number of aryl methyl sites for hydroxylation is 2. The van der Waals surface area contributed by atoms with Gasteiger partial charge in [0.2, 0.25) is 5.91 Å². The highest BCUT2D eigenvalue weighted by atomic mass is 19.1. The van der Waals surface area contributed by atoms with Crippen molar-refractivity contribution in [3.63, 3.8) is 0 Å². The maximum absolute atomic E-state index is 14.2. The average molecular weight is 328 g/mol. The van der Waals surface area contributed by atoms with Crippen LogP contribution in [-0.2, 0) is 17.8 Å². The Kier molecular flexibility index (Phi) is 4.74. The zero-order chi connectivity index (χ0) is 17.1. The summed E-state index contributed by atoms with van der Waals surface area (Å²) in [5.41, 5.74) is 2.64. The van der Waals surface area contributed by atoms with Gasteiger partial charge in [-0.3, -0.25) is 4.79 Å². The van der Waals surface area contributed by atoms with Gasteiger partial charge in [-0.05, 0) is 25.3 Å². The molecule has 2 heterocycles. The molecule has 1 amide bonds. The third-order valence-corrected chi connectivity index (χ3v) is 4.30. The minimum atomic E-state index is -0.468. The lowest BCUT2D eigenvalue weighted by atomic mass is 10.1. The van der Waals surface area contributed by atoms with Crippen molar-refractivity contribution >= 4 is 11.7 Å². The average Bonchev–Trinajstić information content (AvgIpc) is 2.92. The molecule has 1 aliphatic rings. The number of likely N-dealkylation sites (tertiary alicyclic amines) is 1. The van der Waals surface area contributed by atoms with Crippen LogP contribution in [0, 0.1) is 12.7 Å². The Bertz CT molecular complexity index is 732. The molecule has 1 saturated heterocycles. The number of nitrogens with one attached hydrogen (secondary N) is 1. The standard InChI is InChI=1S/C18H21FN4O/c1-3-14-16(19)17(21-11-20-14)22-15-8-9-23(18(15)24)10-13-6-4-12(2)5-7-13/h4-7,11,15H,3,8-10H2,1-2H3,(H,20,21,22). The highest BCUT2D eigenvalue weighted by Gasteiger charge is 2.32. The molecule has 24 heavy (non-hydrogen) atoms. The van der Waals surface area contributed by atoms with E-state index in [-0.39, 0.29) is 11.7 Å². The molecule has 1 unspecified atom stereocenters. The SMILES string of the molecule is CCc1ncnc(NC2CCN(Cc3ccc(C)cc3)C2=O)c1F. The van der Waals surface area contributed by atoms with Crippen molar-refractivity contribution in [1.29, 1.82) is 0 Å². The lowest BCUT2D eigenvalue weighted by Gasteiger charge is -2.18. The fraction of sp³-hybridized carbons (Fsp3) is 0.389. The van der Waals surface area contributed by atoms with E-state index in [9.17, 15) is 9.18 Å². The predicted molar refractivity (Wildman–Crippen MR) is 90.0 cm³/mol. The van der Waals surface area contributed by atoms with Crippen molar-refractivity contribution in [3.8, 4) is 0 Å². The molecule has 0 saturated carbocycles. The van der Waals surface area contributed by atoms with E-state index in [1.165, 1.54) is 11.9 Å². The highest BCUT2D eigenvalue weighted by Crippen LogP contribution is 2.21. The number of rotatable bonds is 5. The lowest BCUT2D eigenvalue weighted by Crippen LogP contribution is -2.33. The van der Waals surface area contributed by atoms with E-state index in [1.54, 1.807) is 4.90 Å². The van der Waals surface area contributed by atoms with Gasteiger partial charge in [-0.25, -0.2) is 14.4 Å². The van der Waals surface area contributed by atoms with Crippen LogP contribution in [0.1, 0.15) is 30.2 Å². The molecule has 0 radical (unpaired) electrons. The zero-order valence-electron chi connectivity index (χ0n) is 13.9. The van der Waals surface area contributed by atoms with Crippen molar-refractivity contribution in [1.82, 2.24) is 14.9 Å². The molecule has 1 aromatic carbocycles. The Morgan fingerprint density at radius 2 is 2.04 bits per heavy atom. The smallest absolute Gasteiger partial charge is 0.245 e. The van der Waals surface area contributed by atoms with E-state index in [0.717, 1.165) is 5.56 Å². The minimum Gasteiger partial charge on any atom is -0.356 e. The molecule has 6 heteroatoms. The normalized spacial score (nSPS) is 17.4. The second-order valence-electron chi connectivity index (χ2n) is 6.07. The zero-order valence-corrected chi connectivity index (χ0v) is 13.9. The molecule has 0 aliphatic carbocycles. The van der Waals surface area contributed by atoms with Crippen LogP contribution in [0.25, 0.3) is 0 Å². The maximum atomic E-state index is 14.2. The predicted octanol–water partition coefficient (Wildman–Crippen LogP) is 2.70. The third-order valence-electron chi connectivity index (χ3n) is 4.30. The molecule has 1 fully saturated rings. The second-order valence-corrected chi connectivity index (χ2v) is 6.07. The monoisotopic (exact) mass is 328 g/mol. The molecule has 3 rings (SSSR count). The van der Waals surface area contributed by atoms with Gasteiger partial charge in [-0.1, -0.05) is 36.8 Å². The second kappa shape index (κ2) is 6.95. The van der Waals surface area contributed by atoms with Gasteiger partial charge in [0.1, 0.15) is 12.4 Å². The number of anilines is 1.